The number of nitrogens with one attached hydrogen (secondary N) is 1. The van der Waals surface area contributed by atoms with Gasteiger partial charge in [0.05, 0.1) is 22.8 Å². The van der Waals surface area contributed by atoms with Gasteiger partial charge in [0.15, 0.2) is 0 Å². The maximum Gasteiger partial charge on any atom is 0.224 e. The maximum atomic E-state index is 12.1. The molecule has 6 heteroatoms. The second-order valence-electron chi connectivity index (χ2n) is 5.58. The van der Waals surface area contributed by atoms with Crippen LogP contribution in [0.25, 0.3) is 0 Å². The van der Waals surface area contributed by atoms with Crippen molar-refractivity contribution in [3.05, 3.63) is 38.8 Å². The number of amides is 1. The van der Waals surface area contributed by atoms with Crippen LogP contribution in [0.1, 0.15) is 34.8 Å². The van der Waals surface area contributed by atoms with Crippen LogP contribution in [0.2, 0.25) is 5.02 Å². The van der Waals surface area contributed by atoms with Crippen molar-refractivity contribution in [2.24, 2.45) is 0 Å². The van der Waals surface area contributed by atoms with Crippen LogP contribution in [0.15, 0.2) is 18.2 Å². The SMILES string of the molecule is COc1ccc(NC(=O)CCc2nc3c(s2)CCCC3)cc1Cl. The zero-order valence-electron chi connectivity index (χ0n) is 13.0. The van der Waals surface area contributed by atoms with Gasteiger partial charge in [-0.05, 0) is 43.9 Å². The number of thiazole rings is 1. The van der Waals surface area contributed by atoms with Crippen LogP contribution in [-0.4, -0.2) is 18.0 Å². The van der Waals surface area contributed by atoms with Gasteiger partial charge in [-0.2, -0.15) is 0 Å². The highest BCUT2D eigenvalue weighted by Crippen LogP contribution is 2.28. The first-order chi connectivity index (χ1) is 11.2. The Morgan fingerprint density at radius 3 is 2.96 bits per heavy atom. The quantitative estimate of drug-likeness (QED) is 0.876. The lowest BCUT2D eigenvalue weighted by Crippen LogP contribution is -2.12. The summed E-state index contributed by atoms with van der Waals surface area (Å²) in [5.41, 5.74) is 1.93. The smallest absolute Gasteiger partial charge is 0.224 e. The molecule has 0 saturated carbocycles. The summed E-state index contributed by atoms with van der Waals surface area (Å²) >= 11 is 7.82. The molecule has 1 aromatic carbocycles. The average Bonchev–Trinajstić information content (AvgIpc) is 2.96. The molecule has 0 unspecified atom stereocenters. The van der Waals surface area contributed by atoms with Crippen LogP contribution in [-0.2, 0) is 24.1 Å². The molecule has 0 aliphatic heterocycles. The minimum atomic E-state index is -0.0283. The van der Waals surface area contributed by atoms with Crippen LogP contribution in [0.3, 0.4) is 0 Å². The van der Waals surface area contributed by atoms with E-state index in [1.807, 2.05) is 0 Å². The third kappa shape index (κ3) is 4.03. The molecule has 2 aromatic rings. The van der Waals surface area contributed by atoms with Crippen molar-refractivity contribution in [2.75, 3.05) is 12.4 Å². The molecular weight excluding hydrogens is 332 g/mol. The van der Waals surface area contributed by atoms with Gasteiger partial charge in [-0.25, -0.2) is 4.98 Å². The number of aromatic nitrogens is 1. The zero-order valence-corrected chi connectivity index (χ0v) is 14.6. The number of aryl methyl sites for hydroxylation is 3. The van der Waals surface area contributed by atoms with Crippen LogP contribution < -0.4 is 10.1 Å². The molecule has 0 fully saturated rings. The Hall–Kier alpha value is -1.59. The van der Waals surface area contributed by atoms with Crippen LogP contribution in [0.5, 0.6) is 5.75 Å². The summed E-state index contributed by atoms with van der Waals surface area (Å²) in [6.07, 6.45) is 5.83. The number of nitrogens with zero attached hydrogens (tertiary/aromatic N) is 1. The molecule has 0 atom stereocenters. The number of ether oxygens (including phenoxy) is 1. The van der Waals surface area contributed by atoms with Crippen molar-refractivity contribution < 1.29 is 9.53 Å². The van der Waals surface area contributed by atoms with Crippen LogP contribution in [0, 0.1) is 0 Å². The molecule has 1 aromatic heterocycles. The molecular formula is C17H19ClN2O2S. The monoisotopic (exact) mass is 350 g/mol. The van der Waals surface area contributed by atoms with E-state index in [2.05, 4.69) is 10.3 Å². The van der Waals surface area contributed by atoms with Gasteiger partial charge in [-0.1, -0.05) is 11.6 Å². The van der Waals surface area contributed by atoms with Gasteiger partial charge in [0.2, 0.25) is 5.91 Å². The first-order valence-corrected chi connectivity index (χ1v) is 8.96. The molecule has 0 spiro atoms. The van der Waals surface area contributed by atoms with Crippen molar-refractivity contribution in [3.8, 4) is 5.75 Å². The fraction of sp³-hybridized carbons (Fsp3) is 0.412. The van der Waals surface area contributed by atoms with Gasteiger partial charge in [0.1, 0.15) is 5.75 Å². The summed E-state index contributed by atoms with van der Waals surface area (Å²) in [5.74, 6) is 0.567. The number of carbonyl (C=O) groups excluding carboxylic acids is 1. The van der Waals surface area contributed by atoms with Crippen molar-refractivity contribution in [2.45, 2.75) is 38.5 Å². The number of fused-ring (bicyclic) bond motifs is 1. The third-order valence-corrected chi connectivity index (χ3v) is 5.40. The van der Waals surface area contributed by atoms with Gasteiger partial charge in [0, 0.05) is 23.4 Å². The Bertz CT molecular complexity index is 691. The fourth-order valence-electron chi connectivity index (χ4n) is 2.70. The van der Waals surface area contributed by atoms with E-state index in [-0.39, 0.29) is 5.91 Å². The van der Waals surface area contributed by atoms with Crippen molar-refractivity contribution in [1.29, 1.82) is 0 Å². The van der Waals surface area contributed by atoms with E-state index in [0.717, 1.165) is 17.8 Å². The molecule has 0 bridgehead atoms. The van der Waals surface area contributed by atoms with E-state index in [1.54, 1.807) is 36.6 Å². The Kier molecular flexibility index (Phi) is 5.18. The molecule has 23 heavy (non-hydrogen) atoms. The standard InChI is InChI=1S/C17H19ClN2O2S/c1-22-14-7-6-11(10-12(14)18)19-16(21)8-9-17-20-13-4-2-3-5-15(13)23-17/h6-7,10H,2-5,8-9H2,1H3,(H,19,21). The first-order valence-electron chi connectivity index (χ1n) is 7.76. The number of halogens is 1. The Labute approximate surface area is 144 Å². The minimum absolute atomic E-state index is 0.0283. The number of hydrogen-bond acceptors (Lipinski definition) is 4. The summed E-state index contributed by atoms with van der Waals surface area (Å²) in [5, 5.41) is 4.42. The van der Waals surface area contributed by atoms with Gasteiger partial charge in [0.25, 0.3) is 0 Å². The molecule has 3 rings (SSSR count). The summed E-state index contributed by atoms with van der Waals surface area (Å²) in [7, 11) is 1.56. The second-order valence-corrected chi connectivity index (χ2v) is 7.16. The van der Waals surface area contributed by atoms with Crippen LogP contribution in [0.4, 0.5) is 5.69 Å². The third-order valence-electron chi connectivity index (χ3n) is 3.89. The van der Waals surface area contributed by atoms with E-state index in [9.17, 15) is 4.79 Å². The van der Waals surface area contributed by atoms with E-state index in [1.165, 1.54) is 23.4 Å². The normalized spacial score (nSPS) is 13.5. The van der Waals surface area contributed by atoms with Gasteiger partial charge in [-0.3, -0.25) is 4.79 Å². The van der Waals surface area contributed by atoms with Crippen molar-refractivity contribution in [3.63, 3.8) is 0 Å². The summed E-state index contributed by atoms with van der Waals surface area (Å²) in [6.45, 7) is 0. The highest BCUT2D eigenvalue weighted by atomic mass is 35.5. The van der Waals surface area contributed by atoms with Gasteiger partial charge < -0.3 is 10.1 Å². The molecule has 1 amide bonds. The largest absolute Gasteiger partial charge is 0.495 e. The van der Waals surface area contributed by atoms with Crippen molar-refractivity contribution >= 4 is 34.5 Å². The lowest BCUT2D eigenvalue weighted by molar-refractivity contribution is -0.116. The second kappa shape index (κ2) is 7.32. The number of rotatable bonds is 5. The highest BCUT2D eigenvalue weighted by molar-refractivity contribution is 7.11. The molecule has 122 valence electrons. The van der Waals surface area contributed by atoms with Gasteiger partial charge >= 0.3 is 0 Å². The Morgan fingerprint density at radius 1 is 1.39 bits per heavy atom. The summed E-state index contributed by atoms with van der Waals surface area (Å²) < 4.78 is 5.10. The highest BCUT2D eigenvalue weighted by Gasteiger charge is 2.15. The predicted octanol–water partition coefficient (Wildman–Crippen LogP) is 4.26. The number of carbonyl (C=O) groups is 1. The number of benzene rings is 1. The number of methoxy groups -OCH3 is 1. The number of anilines is 1. The molecule has 1 N–H and O–H groups in total. The molecule has 1 aliphatic rings. The average molecular weight is 351 g/mol. The maximum absolute atomic E-state index is 12.1. The minimum Gasteiger partial charge on any atom is -0.495 e. The molecule has 1 heterocycles. The molecule has 1 aliphatic carbocycles. The summed E-state index contributed by atoms with van der Waals surface area (Å²) in [4.78, 5) is 18.2. The Balaban J connectivity index is 1.55. The first kappa shape index (κ1) is 16.3. The fourth-order valence-corrected chi connectivity index (χ4v) is 4.11. The number of hydrogen-bond donors (Lipinski definition) is 1. The van der Waals surface area contributed by atoms with Crippen LogP contribution >= 0.6 is 22.9 Å². The van der Waals surface area contributed by atoms with E-state index < -0.39 is 0 Å². The van der Waals surface area contributed by atoms with E-state index in [4.69, 9.17) is 16.3 Å². The predicted molar refractivity (Wildman–Crippen MR) is 93.7 cm³/mol. The van der Waals surface area contributed by atoms with E-state index >= 15 is 0 Å². The zero-order chi connectivity index (χ0) is 16.2. The Morgan fingerprint density at radius 2 is 2.22 bits per heavy atom. The summed E-state index contributed by atoms with van der Waals surface area (Å²) in [6, 6.07) is 5.22. The lowest BCUT2D eigenvalue weighted by atomic mass is 10.0. The van der Waals surface area contributed by atoms with E-state index in [0.29, 0.717) is 29.3 Å². The molecule has 4 nitrogen and oxygen atoms in total. The molecule has 0 radical (unpaired) electrons. The lowest BCUT2D eigenvalue weighted by Gasteiger charge is -2.07. The molecule has 0 saturated heterocycles. The van der Waals surface area contributed by atoms with Gasteiger partial charge in [-0.15, -0.1) is 11.3 Å². The topological polar surface area (TPSA) is 51.2 Å². The van der Waals surface area contributed by atoms with Crippen molar-refractivity contribution in [1.82, 2.24) is 4.98 Å².